The molecule has 0 radical (unpaired) electrons. The number of halogens is 1. The van der Waals surface area contributed by atoms with Crippen molar-refractivity contribution in [2.45, 2.75) is 19.8 Å². The van der Waals surface area contributed by atoms with Crippen LogP contribution in [-0.4, -0.2) is 19.8 Å². The molecule has 0 bridgehead atoms. The molecule has 0 aromatic heterocycles. The highest BCUT2D eigenvalue weighted by atomic mass is 79.9. The monoisotopic (exact) mass is 286 g/mol. The maximum absolute atomic E-state index is 5.83. The van der Waals surface area contributed by atoms with Gasteiger partial charge in [0.1, 0.15) is 0 Å². The van der Waals surface area contributed by atoms with Crippen molar-refractivity contribution in [3.63, 3.8) is 0 Å². The Balaban J connectivity index is 2.23. The van der Waals surface area contributed by atoms with Gasteiger partial charge in [-0.1, -0.05) is 29.3 Å². The zero-order valence-electron chi connectivity index (χ0n) is 9.63. The Labute approximate surface area is 105 Å². The first-order valence-corrected chi connectivity index (χ1v) is 6.40. The van der Waals surface area contributed by atoms with E-state index in [9.17, 15) is 0 Å². The smallest absolute Gasteiger partial charge is 0.0639 e. The fourth-order valence-electron chi connectivity index (χ4n) is 1.29. The molecule has 4 heteroatoms. The summed E-state index contributed by atoms with van der Waals surface area (Å²) in [5.74, 6) is 0. The number of hydrogen-bond acceptors (Lipinski definition) is 3. The summed E-state index contributed by atoms with van der Waals surface area (Å²) in [6, 6.07) is 5.78. The van der Waals surface area contributed by atoms with Crippen LogP contribution in [0.2, 0.25) is 0 Å². The second kappa shape index (κ2) is 7.52. The highest BCUT2D eigenvalue weighted by molar-refractivity contribution is 9.10. The lowest BCUT2D eigenvalue weighted by Gasteiger charge is -2.10. The van der Waals surface area contributed by atoms with Gasteiger partial charge in [0.15, 0.2) is 0 Å². The van der Waals surface area contributed by atoms with E-state index in [1.807, 2.05) is 18.2 Å². The molecular formula is C12H19BrN2O. The molecule has 0 atom stereocenters. The number of benzene rings is 1. The van der Waals surface area contributed by atoms with Crippen LogP contribution in [0.4, 0.5) is 11.4 Å². The average molecular weight is 287 g/mol. The molecule has 16 heavy (non-hydrogen) atoms. The predicted molar refractivity (Wildman–Crippen MR) is 72.8 cm³/mol. The van der Waals surface area contributed by atoms with Crippen LogP contribution >= 0.6 is 15.9 Å². The third-order valence-corrected chi connectivity index (χ3v) is 2.71. The van der Waals surface area contributed by atoms with Crippen LogP contribution < -0.4 is 11.1 Å². The van der Waals surface area contributed by atoms with Crippen LogP contribution in [0, 0.1) is 0 Å². The molecule has 0 aliphatic rings. The number of ether oxygens (including phenoxy) is 1. The largest absolute Gasteiger partial charge is 0.397 e. The van der Waals surface area contributed by atoms with E-state index in [4.69, 9.17) is 10.5 Å². The van der Waals surface area contributed by atoms with E-state index in [-0.39, 0.29) is 0 Å². The maximum atomic E-state index is 5.83. The number of unbranched alkanes of at least 4 members (excludes halogenated alkanes) is 1. The minimum atomic E-state index is 0.714. The summed E-state index contributed by atoms with van der Waals surface area (Å²) in [4.78, 5) is 0. The standard InChI is InChI=1S/C12H19BrN2O/c1-2-3-7-16-8-6-15-12-9-10(13)4-5-11(12)14/h4-5,9,15H,2-3,6-8,14H2,1H3. The van der Waals surface area contributed by atoms with Gasteiger partial charge >= 0.3 is 0 Å². The molecule has 0 aliphatic heterocycles. The number of nitrogens with two attached hydrogens (primary N) is 1. The van der Waals surface area contributed by atoms with Gasteiger partial charge in [0.05, 0.1) is 18.0 Å². The van der Waals surface area contributed by atoms with Crippen molar-refractivity contribution in [2.75, 3.05) is 30.8 Å². The van der Waals surface area contributed by atoms with Crippen molar-refractivity contribution >= 4 is 27.3 Å². The summed E-state index contributed by atoms with van der Waals surface area (Å²) >= 11 is 3.41. The fourth-order valence-corrected chi connectivity index (χ4v) is 1.65. The van der Waals surface area contributed by atoms with E-state index >= 15 is 0 Å². The molecule has 0 aliphatic carbocycles. The number of rotatable bonds is 7. The highest BCUT2D eigenvalue weighted by Gasteiger charge is 1.98. The second-order valence-corrected chi connectivity index (χ2v) is 4.54. The Morgan fingerprint density at radius 2 is 2.19 bits per heavy atom. The van der Waals surface area contributed by atoms with Gasteiger partial charge in [-0.25, -0.2) is 0 Å². The van der Waals surface area contributed by atoms with E-state index in [1.54, 1.807) is 0 Å². The Kier molecular flexibility index (Phi) is 6.26. The van der Waals surface area contributed by atoms with Crippen molar-refractivity contribution < 1.29 is 4.74 Å². The van der Waals surface area contributed by atoms with Crippen LogP contribution in [0.3, 0.4) is 0 Å². The van der Waals surface area contributed by atoms with E-state index in [1.165, 1.54) is 6.42 Å². The van der Waals surface area contributed by atoms with E-state index < -0.39 is 0 Å². The highest BCUT2D eigenvalue weighted by Crippen LogP contribution is 2.22. The summed E-state index contributed by atoms with van der Waals surface area (Å²) in [5, 5.41) is 3.25. The van der Waals surface area contributed by atoms with Crippen molar-refractivity contribution in [3.8, 4) is 0 Å². The summed E-state index contributed by atoms with van der Waals surface area (Å²) in [6.07, 6.45) is 2.30. The third kappa shape index (κ3) is 4.86. The van der Waals surface area contributed by atoms with Gasteiger partial charge in [0.2, 0.25) is 0 Å². The summed E-state index contributed by atoms with van der Waals surface area (Å²) < 4.78 is 6.48. The van der Waals surface area contributed by atoms with Crippen LogP contribution in [-0.2, 0) is 4.74 Å². The molecule has 1 aromatic rings. The van der Waals surface area contributed by atoms with E-state index in [0.29, 0.717) is 6.61 Å². The molecule has 90 valence electrons. The number of anilines is 2. The minimum Gasteiger partial charge on any atom is -0.397 e. The molecule has 0 heterocycles. The van der Waals surface area contributed by atoms with Crippen molar-refractivity contribution in [3.05, 3.63) is 22.7 Å². The van der Waals surface area contributed by atoms with Crippen LogP contribution in [0.5, 0.6) is 0 Å². The molecule has 3 N–H and O–H groups in total. The quantitative estimate of drug-likeness (QED) is 0.597. The minimum absolute atomic E-state index is 0.714. The molecule has 0 spiro atoms. The lowest BCUT2D eigenvalue weighted by Crippen LogP contribution is -2.11. The Hall–Kier alpha value is -0.740. The molecule has 0 saturated heterocycles. The number of nitrogen functional groups attached to an aromatic ring is 1. The summed E-state index contributed by atoms with van der Waals surface area (Å²) in [6.45, 7) is 4.49. The molecule has 0 amide bonds. The first kappa shape index (κ1) is 13.3. The van der Waals surface area contributed by atoms with Gasteiger partial charge in [-0.05, 0) is 24.6 Å². The van der Waals surface area contributed by atoms with Crippen molar-refractivity contribution in [1.29, 1.82) is 0 Å². The van der Waals surface area contributed by atoms with Gasteiger partial charge in [-0.2, -0.15) is 0 Å². The first-order valence-electron chi connectivity index (χ1n) is 5.60. The molecule has 0 fully saturated rings. The topological polar surface area (TPSA) is 47.3 Å². The normalized spacial score (nSPS) is 10.4. The fraction of sp³-hybridized carbons (Fsp3) is 0.500. The molecule has 3 nitrogen and oxygen atoms in total. The van der Waals surface area contributed by atoms with Crippen LogP contribution in [0.15, 0.2) is 22.7 Å². The lowest BCUT2D eigenvalue weighted by atomic mass is 10.3. The molecule has 0 saturated carbocycles. The summed E-state index contributed by atoms with van der Waals surface area (Å²) in [5.41, 5.74) is 7.54. The second-order valence-electron chi connectivity index (χ2n) is 3.62. The van der Waals surface area contributed by atoms with Gasteiger partial charge in [-0.15, -0.1) is 0 Å². The van der Waals surface area contributed by atoms with Crippen molar-refractivity contribution in [1.82, 2.24) is 0 Å². The Morgan fingerprint density at radius 1 is 1.38 bits per heavy atom. The Bertz CT molecular complexity index is 318. The average Bonchev–Trinajstić information content (AvgIpc) is 2.28. The van der Waals surface area contributed by atoms with Crippen molar-refractivity contribution in [2.24, 2.45) is 0 Å². The van der Waals surface area contributed by atoms with E-state index in [0.717, 1.165) is 35.4 Å². The van der Waals surface area contributed by atoms with E-state index in [2.05, 4.69) is 28.2 Å². The SMILES string of the molecule is CCCCOCCNc1cc(Br)ccc1N. The van der Waals surface area contributed by atoms with Crippen LogP contribution in [0.25, 0.3) is 0 Å². The van der Waals surface area contributed by atoms with Crippen LogP contribution in [0.1, 0.15) is 19.8 Å². The predicted octanol–water partition coefficient (Wildman–Crippen LogP) is 3.26. The van der Waals surface area contributed by atoms with Gasteiger partial charge in [0.25, 0.3) is 0 Å². The number of hydrogen-bond donors (Lipinski definition) is 2. The molecule has 1 rings (SSSR count). The Morgan fingerprint density at radius 3 is 2.94 bits per heavy atom. The maximum Gasteiger partial charge on any atom is 0.0639 e. The molecule has 0 unspecified atom stereocenters. The summed E-state index contributed by atoms with van der Waals surface area (Å²) in [7, 11) is 0. The first-order chi connectivity index (χ1) is 7.74. The zero-order chi connectivity index (χ0) is 11.8. The third-order valence-electron chi connectivity index (χ3n) is 2.22. The van der Waals surface area contributed by atoms with Gasteiger partial charge in [-0.3, -0.25) is 0 Å². The van der Waals surface area contributed by atoms with Gasteiger partial charge < -0.3 is 15.8 Å². The molecule has 1 aromatic carbocycles. The zero-order valence-corrected chi connectivity index (χ0v) is 11.2. The molecular weight excluding hydrogens is 268 g/mol. The van der Waals surface area contributed by atoms with Gasteiger partial charge in [0, 0.05) is 17.6 Å². The lowest BCUT2D eigenvalue weighted by molar-refractivity contribution is 0.141. The number of nitrogens with one attached hydrogen (secondary N) is 1.